The van der Waals surface area contributed by atoms with Gasteiger partial charge in [0.25, 0.3) is 0 Å². The summed E-state index contributed by atoms with van der Waals surface area (Å²) in [6.45, 7) is 41.1. The van der Waals surface area contributed by atoms with Gasteiger partial charge in [0.2, 0.25) is 0 Å². The molecule has 0 amide bonds. The van der Waals surface area contributed by atoms with Crippen molar-refractivity contribution in [1.82, 2.24) is 0 Å². The molecule has 1 radical (unpaired) electrons. The summed E-state index contributed by atoms with van der Waals surface area (Å²) in [5, 5.41) is 0. The highest BCUT2D eigenvalue weighted by Crippen LogP contribution is 2.37. The summed E-state index contributed by atoms with van der Waals surface area (Å²) in [6.07, 6.45) is 22.5. The van der Waals surface area contributed by atoms with Crippen LogP contribution in [0.3, 0.4) is 0 Å². The van der Waals surface area contributed by atoms with Gasteiger partial charge in [-0.3, -0.25) is 9.59 Å². The van der Waals surface area contributed by atoms with Crippen molar-refractivity contribution in [2.75, 3.05) is 4.90 Å². The SMILES string of the molecule is Brc1ccc(N(c2ccc(Br)cc2)c2ccc(Br)cc2)cc1.C=Cc1cc(/C=C/c2ccc(C(C)(C)C)cc2)cc(/C=C/c2ccc(C(C)(C)C)cc2)c1.C=Cc1ccc(C(C)(C)C)cc1.CC(C)(C)c1ccc(/C=C/c2cc(C=O)cc(/C=C/c3ccc(C(C)(C)C)cc3)c2)cc1.O=Cc1cc(Br)cc(Br)c1.[2H][B]S[3H]. The van der Waals surface area contributed by atoms with E-state index in [0.717, 1.165) is 86.9 Å². The molecule has 110 heavy (non-hydrogen) atoms. The Kier molecular flexibility index (Phi) is 34.2. The van der Waals surface area contributed by atoms with Gasteiger partial charge in [-0.1, -0.05) is 379 Å². The average Bonchev–Trinajstić information content (AvgIpc) is 0.803. The molecule has 565 valence electrons. The highest BCUT2D eigenvalue weighted by Gasteiger charge is 2.18. The van der Waals surface area contributed by atoms with E-state index in [1.54, 1.807) is 12.1 Å². The van der Waals surface area contributed by atoms with Crippen molar-refractivity contribution in [3.05, 3.63) is 379 Å². The molecule has 0 heterocycles. The zero-order valence-electron chi connectivity index (χ0n) is 68.2. The second-order valence-electron chi connectivity index (χ2n) is 31.7. The van der Waals surface area contributed by atoms with Crippen LogP contribution in [0.15, 0.2) is 284 Å². The second kappa shape index (κ2) is 43.0. The molecule has 11 rings (SSSR count). The van der Waals surface area contributed by atoms with Gasteiger partial charge >= 0.3 is 0 Å². The van der Waals surface area contributed by atoms with E-state index in [1.165, 1.54) is 55.6 Å². The third-order valence-electron chi connectivity index (χ3n) is 17.6. The molecule has 11 aromatic rings. The number of halogens is 5. The molecule has 0 unspecified atom stereocenters. The molecule has 0 spiro atoms. The lowest BCUT2D eigenvalue weighted by molar-refractivity contribution is 0.111. The summed E-state index contributed by atoms with van der Waals surface area (Å²) in [4.78, 5) is 24.0. The highest BCUT2D eigenvalue weighted by molar-refractivity contribution is 9.11. The van der Waals surface area contributed by atoms with Crippen LogP contribution in [0.5, 0.6) is 0 Å². The summed E-state index contributed by atoms with van der Waals surface area (Å²) in [5.41, 5.74) is 23.7. The van der Waals surface area contributed by atoms with E-state index in [-0.39, 0.29) is 27.1 Å². The number of aldehydes is 2. The Hall–Kier alpha value is -8.19. The zero-order valence-corrected chi connectivity index (χ0v) is 74.9. The van der Waals surface area contributed by atoms with Crippen LogP contribution in [-0.2, 0) is 27.1 Å². The number of benzene rings is 11. The monoisotopic (exact) mass is 1790 g/mol. The summed E-state index contributed by atoms with van der Waals surface area (Å²) in [6, 6.07) is 86.3. The molecule has 0 bridgehead atoms. The zero-order chi connectivity index (χ0) is 82.4. The Balaban J connectivity index is 0.000000228. The number of anilines is 3. The molecule has 0 aliphatic rings. The van der Waals surface area contributed by atoms with Crippen molar-refractivity contribution < 1.29 is 9.59 Å². The first-order chi connectivity index (χ1) is 52.9. The third kappa shape index (κ3) is 30.8. The van der Waals surface area contributed by atoms with Crippen LogP contribution in [0.4, 0.5) is 17.1 Å². The molecule has 0 aliphatic heterocycles. The van der Waals surface area contributed by atoms with Gasteiger partial charge in [0.1, 0.15) is 12.6 Å². The van der Waals surface area contributed by atoms with Crippen LogP contribution in [-0.4, -0.2) is 22.1 Å². The van der Waals surface area contributed by atoms with E-state index >= 15 is 0 Å². The first-order valence-electron chi connectivity index (χ1n) is 37.4. The van der Waals surface area contributed by atoms with Crippen molar-refractivity contribution in [3.63, 3.8) is 0 Å². The molecule has 3 nitrogen and oxygen atoms in total. The highest BCUT2D eigenvalue weighted by atomic mass is 79.9. The largest absolute Gasteiger partial charge is 0.311 e. The average molecular weight is 1800 g/mol. The maximum absolute atomic E-state index is 11.5. The second-order valence-corrected chi connectivity index (χ2v) is 36.2. The molecule has 0 aromatic heterocycles. The Morgan fingerprint density at radius 3 is 0.700 bits per heavy atom. The number of thiol groups is 1. The fraction of sp³-hybridized carbons (Fsp3) is 0.200. The number of rotatable bonds is 16. The molecular weight excluding hydrogens is 1690 g/mol. The Morgan fingerprint density at radius 2 is 0.491 bits per heavy atom. The number of hydrogen-bond donors (Lipinski definition) is 1. The van der Waals surface area contributed by atoms with Gasteiger partial charge in [-0.2, -0.15) is 0 Å². The summed E-state index contributed by atoms with van der Waals surface area (Å²) in [5.74, 6) is 0. The summed E-state index contributed by atoms with van der Waals surface area (Å²) in [7, 11) is 0.958. The number of hydrogen-bond acceptors (Lipinski definition) is 4. The van der Waals surface area contributed by atoms with E-state index in [9.17, 15) is 9.59 Å². The fourth-order valence-corrected chi connectivity index (χ4v) is 13.2. The first kappa shape index (κ1) is 87.4. The van der Waals surface area contributed by atoms with Crippen molar-refractivity contribution in [1.29, 1.82) is 2.46 Å². The van der Waals surface area contributed by atoms with Gasteiger partial charge in [-0.25, -0.2) is 12.4 Å². The van der Waals surface area contributed by atoms with Crippen LogP contribution in [0, 0.1) is 0 Å². The molecule has 0 aliphatic carbocycles. The minimum absolute atomic E-state index is 0.148. The molecule has 0 saturated heterocycles. The topological polar surface area (TPSA) is 37.4 Å². The number of carbonyl (C=O) groups is 2. The van der Waals surface area contributed by atoms with Crippen LogP contribution >= 0.6 is 92.0 Å². The molecule has 11 aromatic carbocycles. The minimum Gasteiger partial charge on any atom is -0.311 e. The fourth-order valence-electron chi connectivity index (χ4n) is 11.1. The Bertz CT molecular complexity index is 4440. The molecule has 0 N–H and O–H groups in total. The van der Waals surface area contributed by atoms with Crippen molar-refractivity contribution in [2.24, 2.45) is 0 Å². The van der Waals surface area contributed by atoms with Crippen LogP contribution < -0.4 is 4.90 Å². The molecule has 10 heteroatoms. The van der Waals surface area contributed by atoms with Crippen molar-refractivity contribution in [3.8, 4) is 0 Å². The summed E-state index contributed by atoms with van der Waals surface area (Å²) < 4.78 is 17.3. The van der Waals surface area contributed by atoms with E-state index in [1.807, 2.05) is 30.4 Å². The van der Waals surface area contributed by atoms with Gasteiger partial charge in [-0.15, -0.1) is 0 Å². The number of carbonyl (C=O) groups excluding carboxylic acids is 2. The Morgan fingerprint density at radius 1 is 0.291 bits per heavy atom. The predicted octanol–water partition coefficient (Wildman–Crippen LogP) is 31.5. The van der Waals surface area contributed by atoms with Crippen molar-refractivity contribution in [2.45, 2.75) is 131 Å². The van der Waals surface area contributed by atoms with Gasteiger partial charge in [-0.05, 0) is 239 Å². The van der Waals surface area contributed by atoms with E-state index in [2.05, 4.69) is 469 Å². The maximum Gasteiger partial charge on any atom is 0.165 e. The Labute approximate surface area is 709 Å². The van der Waals surface area contributed by atoms with Gasteiger partial charge in [0.15, 0.2) is 7.09 Å². The maximum atomic E-state index is 11.5. The van der Waals surface area contributed by atoms with Crippen LogP contribution in [0.1, 0.15) is 208 Å². The minimum atomic E-state index is 0.148. The molecular formula is C100H104BBr5NO2S. The summed E-state index contributed by atoms with van der Waals surface area (Å²) >= 11 is 17.7. The van der Waals surface area contributed by atoms with Gasteiger partial charge in [0.05, 0.1) is 1.12 Å². The standard InChI is InChI=1S/C32H36.C31H34O.C18H12Br3N.C12H16.C7H4Br2O.BH2S/c1-8-24-21-27(11-9-25-13-17-29(18-14-25)31(2,3)4)23-28(22-24)12-10-26-15-19-30(20-16-26)32(5,6)7;1-30(2,3)28-15-11-23(12-16-28)7-9-25-19-26(21-27(20-25)22-32)10-8-24-13-17-29(18-14-24)31(4,5)6;19-13-1-7-16(8-2-13)22(17-9-3-14(20)4-10-17)18-11-5-15(21)6-12-18;1-5-10-6-8-11(9-7-10)12(2,3)4;8-6-1-5(4-10)2-7(9)3-6;1-2/h8-23H,1H2,2-7H3;7-22H,1-6H3;1-12H;5-9H,1H2,2-4H3;1-4H;1-2H/b11-9+,12-10+;9-7+,10-8+;;;;/i;;;;;1D,2T. The smallest absolute Gasteiger partial charge is 0.165 e. The van der Waals surface area contributed by atoms with E-state index in [0.29, 0.717) is 23.5 Å². The van der Waals surface area contributed by atoms with Crippen LogP contribution in [0.2, 0.25) is 0 Å². The number of nitrogens with zero attached hydrogens (tertiary/aromatic N) is 1. The molecule has 0 fully saturated rings. The lowest BCUT2D eigenvalue weighted by atomic mass is 9.86. The normalized spacial score (nSPS) is 11.7. The lowest BCUT2D eigenvalue weighted by Gasteiger charge is -2.25. The van der Waals surface area contributed by atoms with Crippen LogP contribution in [0.25, 0.3) is 60.8 Å². The lowest BCUT2D eigenvalue weighted by Crippen LogP contribution is -2.10. The van der Waals surface area contributed by atoms with E-state index < -0.39 is 0 Å². The van der Waals surface area contributed by atoms with E-state index in [4.69, 9.17) is 2.46 Å². The quantitative estimate of drug-likeness (QED) is 0.0453. The third-order valence-corrected chi connectivity index (χ3v) is 20.1. The first-order valence-corrected chi connectivity index (χ1v) is 40.9. The molecule has 0 saturated carbocycles. The van der Waals surface area contributed by atoms with Gasteiger partial charge < -0.3 is 4.90 Å². The molecule has 0 atom stereocenters. The predicted molar refractivity (Wildman–Crippen MR) is 507 cm³/mol. The van der Waals surface area contributed by atoms with Crippen molar-refractivity contribution >= 4 is 190 Å². The van der Waals surface area contributed by atoms with Gasteiger partial charge in [0, 0.05) is 50.6 Å².